The van der Waals surface area contributed by atoms with E-state index in [1.54, 1.807) is 24.3 Å². The molecule has 5 nitrogen and oxygen atoms in total. The minimum absolute atomic E-state index is 0.169. The van der Waals surface area contributed by atoms with Gasteiger partial charge < -0.3 is 15.3 Å². The van der Waals surface area contributed by atoms with Crippen molar-refractivity contribution < 1.29 is 24.9 Å². The Balaban J connectivity index is 0.000000219. The van der Waals surface area contributed by atoms with Crippen LogP contribution in [-0.4, -0.2) is 27.6 Å². The number of carbonyl (C=O) groups excluding carboxylic acids is 1. The zero-order valence-electron chi connectivity index (χ0n) is 11.0. The number of hydrogen-bond donors (Lipinski definition) is 3. The van der Waals surface area contributed by atoms with E-state index in [1.807, 2.05) is 0 Å². The normalized spacial score (nSPS) is 9.71. The number of aliphatic carboxylic acids is 1. The molecule has 3 N–H and O–H groups in total. The van der Waals surface area contributed by atoms with Gasteiger partial charge in [-0.1, -0.05) is 12.1 Å². The number of phenols is 2. The van der Waals surface area contributed by atoms with Gasteiger partial charge in [0.1, 0.15) is 17.8 Å². The molecule has 0 saturated carbocycles. The zero-order chi connectivity index (χ0) is 15.7. The summed E-state index contributed by atoms with van der Waals surface area (Å²) >= 11 is 0. The third-order valence-electron chi connectivity index (χ3n) is 2.34. The van der Waals surface area contributed by atoms with E-state index in [2.05, 4.69) is 0 Å². The van der Waals surface area contributed by atoms with Crippen molar-refractivity contribution in [2.75, 3.05) is 0 Å². The highest BCUT2D eigenvalue weighted by atomic mass is 16.4. The first-order valence-corrected chi connectivity index (χ1v) is 5.95. The lowest BCUT2D eigenvalue weighted by Gasteiger charge is -1.92. The fraction of sp³-hybridized carbons (Fsp3) is 0. The van der Waals surface area contributed by atoms with Gasteiger partial charge in [0.05, 0.1) is 0 Å². The largest absolute Gasteiger partial charge is 0.508 e. The molecule has 0 unspecified atom stereocenters. The van der Waals surface area contributed by atoms with Crippen molar-refractivity contribution in [3.05, 3.63) is 65.7 Å². The van der Waals surface area contributed by atoms with Crippen LogP contribution in [0.15, 0.2) is 54.6 Å². The molecule has 0 heterocycles. The second-order valence-electron chi connectivity index (χ2n) is 3.97. The van der Waals surface area contributed by atoms with E-state index in [0.29, 0.717) is 5.56 Å². The van der Waals surface area contributed by atoms with Crippen LogP contribution >= 0.6 is 0 Å². The lowest BCUT2D eigenvalue weighted by atomic mass is 10.2. The van der Waals surface area contributed by atoms with Crippen LogP contribution in [0, 0.1) is 0 Å². The van der Waals surface area contributed by atoms with Crippen molar-refractivity contribution in [1.29, 1.82) is 0 Å². The molecule has 0 aromatic heterocycles. The minimum atomic E-state index is -0.983. The number of hydrogen-bond acceptors (Lipinski definition) is 4. The van der Waals surface area contributed by atoms with Gasteiger partial charge in [0, 0.05) is 11.6 Å². The number of phenolic OH excluding ortho intramolecular Hbond substituents is 2. The standard InChI is InChI=1S/C9H8O3.C7H6O2/c10-8-4-1-7(2-5-8)3-6-9(11)12;8-5-6-1-3-7(9)4-2-6/h1-6,10H,(H,11,12);1-5,9H. The Morgan fingerprint density at radius 3 is 1.62 bits per heavy atom. The highest BCUT2D eigenvalue weighted by molar-refractivity contribution is 5.85. The summed E-state index contributed by atoms with van der Waals surface area (Å²) in [6, 6.07) is 12.3. The molecule has 5 heteroatoms. The molecular weight excluding hydrogens is 272 g/mol. The topological polar surface area (TPSA) is 94.8 Å². The SMILES string of the molecule is O=C(O)C=Cc1ccc(O)cc1.O=Cc1ccc(O)cc1. The molecule has 0 fully saturated rings. The van der Waals surface area contributed by atoms with Crippen molar-refractivity contribution >= 4 is 18.3 Å². The summed E-state index contributed by atoms with van der Waals surface area (Å²) in [5.41, 5.74) is 1.32. The van der Waals surface area contributed by atoms with Gasteiger partial charge in [0.2, 0.25) is 0 Å². The van der Waals surface area contributed by atoms with Crippen LogP contribution in [0.1, 0.15) is 15.9 Å². The van der Waals surface area contributed by atoms with E-state index < -0.39 is 5.97 Å². The Morgan fingerprint density at radius 2 is 1.24 bits per heavy atom. The van der Waals surface area contributed by atoms with Gasteiger partial charge in [-0.05, 0) is 48.0 Å². The van der Waals surface area contributed by atoms with Gasteiger partial charge in [-0.2, -0.15) is 0 Å². The van der Waals surface area contributed by atoms with Crippen molar-refractivity contribution in [1.82, 2.24) is 0 Å². The number of aromatic hydroxyl groups is 2. The van der Waals surface area contributed by atoms with Crippen LogP contribution in [0.2, 0.25) is 0 Å². The molecule has 21 heavy (non-hydrogen) atoms. The van der Waals surface area contributed by atoms with E-state index in [9.17, 15) is 9.59 Å². The van der Waals surface area contributed by atoms with Crippen molar-refractivity contribution in [3.63, 3.8) is 0 Å². The molecule has 2 rings (SSSR count). The lowest BCUT2D eigenvalue weighted by molar-refractivity contribution is -0.131. The number of rotatable bonds is 3. The molecule has 2 aromatic rings. The Kier molecular flexibility index (Phi) is 6.21. The van der Waals surface area contributed by atoms with Crippen LogP contribution in [0.5, 0.6) is 11.5 Å². The van der Waals surface area contributed by atoms with Crippen molar-refractivity contribution in [2.24, 2.45) is 0 Å². The summed E-state index contributed by atoms with van der Waals surface area (Å²) in [5, 5.41) is 25.9. The molecule has 0 bridgehead atoms. The Hall–Kier alpha value is -3.08. The summed E-state index contributed by atoms with van der Waals surface area (Å²) in [4.78, 5) is 20.1. The third kappa shape index (κ3) is 6.58. The van der Waals surface area contributed by atoms with Gasteiger partial charge in [0.25, 0.3) is 0 Å². The predicted molar refractivity (Wildman–Crippen MR) is 78.3 cm³/mol. The second kappa shape index (κ2) is 8.16. The molecule has 0 atom stereocenters. The Bertz CT molecular complexity index is 612. The maximum absolute atomic E-state index is 10.1. The first-order chi connectivity index (χ1) is 10.0. The molecule has 0 aliphatic heterocycles. The first kappa shape index (κ1) is 16.0. The van der Waals surface area contributed by atoms with Crippen LogP contribution in [-0.2, 0) is 4.79 Å². The Morgan fingerprint density at radius 1 is 0.810 bits per heavy atom. The van der Waals surface area contributed by atoms with Crippen molar-refractivity contribution in [3.8, 4) is 11.5 Å². The number of carbonyl (C=O) groups is 2. The maximum Gasteiger partial charge on any atom is 0.328 e. The molecule has 0 aliphatic carbocycles. The van der Waals surface area contributed by atoms with E-state index in [-0.39, 0.29) is 11.5 Å². The average molecular weight is 286 g/mol. The summed E-state index contributed by atoms with van der Waals surface area (Å²) in [6.45, 7) is 0. The molecule has 0 amide bonds. The summed E-state index contributed by atoms with van der Waals surface area (Å²) in [7, 11) is 0. The number of carboxylic acid groups (broad SMARTS) is 1. The first-order valence-electron chi connectivity index (χ1n) is 5.95. The van der Waals surface area contributed by atoms with Gasteiger partial charge in [-0.3, -0.25) is 4.79 Å². The van der Waals surface area contributed by atoms with Gasteiger partial charge in [-0.25, -0.2) is 4.79 Å². The highest BCUT2D eigenvalue weighted by Gasteiger charge is 1.89. The van der Waals surface area contributed by atoms with Gasteiger partial charge >= 0.3 is 5.97 Å². The minimum Gasteiger partial charge on any atom is -0.508 e. The van der Waals surface area contributed by atoms with Gasteiger partial charge in [0.15, 0.2) is 0 Å². The average Bonchev–Trinajstić information content (AvgIpc) is 2.48. The maximum atomic E-state index is 10.1. The lowest BCUT2D eigenvalue weighted by Crippen LogP contribution is -1.85. The molecule has 0 aliphatic rings. The predicted octanol–water partition coefficient (Wildman–Crippen LogP) is 2.69. The summed E-state index contributed by atoms with van der Waals surface area (Å²) in [5.74, 6) is -0.633. The van der Waals surface area contributed by atoms with Crippen LogP contribution in [0.4, 0.5) is 0 Å². The van der Waals surface area contributed by atoms with Gasteiger partial charge in [-0.15, -0.1) is 0 Å². The molecule has 2 aromatic carbocycles. The van der Waals surface area contributed by atoms with E-state index in [1.165, 1.54) is 30.3 Å². The van der Waals surface area contributed by atoms with E-state index >= 15 is 0 Å². The van der Waals surface area contributed by atoms with Crippen molar-refractivity contribution in [2.45, 2.75) is 0 Å². The summed E-state index contributed by atoms with van der Waals surface area (Å²) in [6.07, 6.45) is 3.24. The summed E-state index contributed by atoms with van der Waals surface area (Å²) < 4.78 is 0. The van der Waals surface area contributed by atoms with E-state index in [4.69, 9.17) is 15.3 Å². The fourth-order valence-electron chi connectivity index (χ4n) is 1.31. The fourth-order valence-corrected chi connectivity index (χ4v) is 1.31. The van der Waals surface area contributed by atoms with Crippen LogP contribution < -0.4 is 0 Å². The number of carboxylic acids is 1. The molecular formula is C16H14O5. The third-order valence-corrected chi connectivity index (χ3v) is 2.34. The zero-order valence-corrected chi connectivity index (χ0v) is 11.0. The smallest absolute Gasteiger partial charge is 0.328 e. The van der Waals surface area contributed by atoms with Crippen LogP contribution in [0.25, 0.3) is 6.08 Å². The van der Waals surface area contributed by atoms with E-state index in [0.717, 1.165) is 17.9 Å². The number of benzene rings is 2. The second-order valence-corrected chi connectivity index (χ2v) is 3.97. The highest BCUT2D eigenvalue weighted by Crippen LogP contribution is 2.10. The molecule has 0 spiro atoms. The monoisotopic (exact) mass is 286 g/mol. The molecule has 0 radical (unpaired) electrons. The number of aldehydes is 1. The quantitative estimate of drug-likeness (QED) is 0.595. The molecule has 0 saturated heterocycles. The Labute approximate surface area is 121 Å². The molecule has 108 valence electrons. The van der Waals surface area contributed by atoms with Crippen LogP contribution in [0.3, 0.4) is 0 Å².